The summed E-state index contributed by atoms with van der Waals surface area (Å²) >= 11 is 6.57. The molecule has 1 aliphatic carbocycles. The molecule has 1 aromatic heterocycles. The predicted octanol–water partition coefficient (Wildman–Crippen LogP) is 9.04. The second kappa shape index (κ2) is 6.74. The fraction of sp³-hybridized carbons (Fsp3) is 0.226. The lowest BCUT2D eigenvalue weighted by Gasteiger charge is -2.28. The van der Waals surface area contributed by atoms with Gasteiger partial charge in [0, 0.05) is 26.8 Å². The Hall–Kier alpha value is -3.03. The van der Waals surface area contributed by atoms with Gasteiger partial charge in [0.25, 0.3) is 0 Å². The minimum atomic E-state index is -0.0481. The van der Waals surface area contributed by atoms with E-state index in [1.807, 2.05) is 6.07 Å². The number of rotatable bonds is 1. The van der Waals surface area contributed by atoms with Crippen LogP contribution in [0.3, 0.4) is 0 Å². The quantitative estimate of drug-likeness (QED) is 0.240. The minimum absolute atomic E-state index is 0.0255. The number of aromatic nitrogens is 1. The van der Waals surface area contributed by atoms with Crippen LogP contribution in [0.2, 0.25) is 5.02 Å². The van der Waals surface area contributed by atoms with Crippen molar-refractivity contribution >= 4 is 33.4 Å². The van der Waals surface area contributed by atoms with Gasteiger partial charge < -0.3 is 4.57 Å². The SMILES string of the molecule is CC(C)(C)c1ccc2c(c1-n1c3ccccc3c3ccc(Cl)cc31)-c1ccccc1C2(C)C. The molecule has 0 saturated carbocycles. The Morgan fingerprint density at radius 3 is 2.21 bits per heavy atom. The predicted molar refractivity (Wildman–Crippen MR) is 142 cm³/mol. The third kappa shape index (κ3) is 2.79. The van der Waals surface area contributed by atoms with E-state index in [-0.39, 0.29) is 10.8 Å². The Labute approximate surface area is 200 Å². The number of nitrogens with zero attached hydrogens (tertiary/aromatic N) is 1. The molecule has 5 aromatic rings. The van der Waals surface area contributed by atoms with Crippen LogP contribution in [-0.2, 0) is 10.8 Å². The first-order chi connectivity index (χ1) is 15.7. The van der Waals surface area contributed by atoms with Crippen LogP contribution in [0, 0.1) is 0 Å². The van der Waals surface area contributed by atoms with Gasteiger partial charge in [-0.2, -0.15) is 0 Å². The van der Waals surface area contributed by atoms with E-state index in [9.17, 15) is 0 Å². The van der Waals surface area contributed by atoms with Crippen LogP contribution >= 0.6 is 11.6 Å². The Morgan fingerprint density at radius 2 is 1.42 bits per heavy atom. The number of hydrogen-bond acceptors (Lipinski definition) is 0. The molecule has 0 amide bonds. The van der Waals surface area contributed by atoms with Crippen molar-refractivity contribution in [2.24, 2.45) is 0 Å². The minimum Gasteiger partial charge on any atom is -0.308 e. The van der Waals surface area contributed by atoms with E-state index in [0.29, 0.717) is 0 Å². The highest BCUT2D eigenvalue weighted by atomic mass is 35.5. The van der Waals surface area contributed by atoms with E-state index in [4.69, 9.17) is 11.6 Å². The van der Waals surface area contributed by atoms with Gasteiger partial charge in [0.2, 0.25) is 0 Å². The summed E-state index contributed by atoms with van der Waals surface area (Å²) in [6.07, 6.45) is 0. The summed E-state index contributed by atoms with van der Waals surface area (Å²) in [6, 6.07) is 28.6. The summed E-state index contributed by atoms with van der Waals surface area (Å²) < 4.78 is 2.47. The van der Waals surface area contributed by atoms with Gasteiger partial charge >= 0.3 is 0 Å². The van der Waals surface area contributed by atoms with Crippen molar-refractivity contribution in [2.45, 2.75) is 45.4 Å². The van der Waals surface area contributed by atoms with Gasteiger partial charge in [0.05, 0.1) is 16.7 Å². The van der Waals surface area contributed by atoms with Crippen LogP contribution in [0.5, 0.6) is 0 Å². The molecule has 4 aromatic carbocycles. The second-order valence-corrected chi connectivity index (χ2v) is 11.3. The number of halogens is 1. The molecule has 0 saturated heterocycles. The van der Waals surface area contributed by atoms with Crippen molar-refractivity contribution in [1.29, 1.82) is 0 Å². The van der Waals surface area contributed by atoms with Crippen LogP contribution in [-0.4, -0.2) is 4.57 Å². The maximum absolute atomic E-state index is 6.57. The normalized spacial score (nSPS) is 14.6. The average molecular weight is 450 g/mol. The zero-order valence-corrected chi connectivity index (χ0v) is 20.6. The van der Waals surface area contributed by atoms with Crippen molar-refractivity contribution in [1.82, 2.24) is 4.57 Å². The second-order valence-electron chi connectivity index (χ2n) is 10.8. The molecule has 6 rings (SSSR count). The molecule has 0 spiro atoms. The van der Waals surface area contributed by atoms with Gasteiger partial charge in [-0.25, -0.2) is 0 Å². The monoisotopic (exact) mass is 449 g/mol. The Kier molecular flexibility index (Phi) is 4.20. The Balaban J connectivity index is 1.88. The number of benzene rings is 4. The zero-order valence-electron chi connectivity index (χ0n) is 19.8. The molecular weight excluding hydrogens is 422 g/mol. The van der Waals surface area contributed by atoms with Crippen LogP contribution < -0.4 is 0 Å². The number of fused-ring (bicyclic) bond motifs is 6. The third-order valence-electron chi connectivity index (χ3n) is 7.39. The topological polar surface area (TPSA) is 4.93 Å². The fourth-order valence-corrected chi connectivity index (χ4v) is 5.96. The van der Waals surface area contributed by atoms with Crippen LogP contribution in [0.1, 0.15) is 51.3 Å². The molecule has 0 aliphatic heterocycles. The zero-order chi connectivity index (χ0) is 23.1. The lowest BCUT2D eigenvalue weighted by molar-refractivity contribution is 0.586. The summed E-state index contributed by atoms with van der Waals surface area (Å²) in [4.78, 5) is 0. The molecule has 2 heteroatoms. The van der Waals surface area contributed by atoms with E-state index >= 15 is 0 Å². The van der Waals surface area contributed by atoms with E-state index < -0.39 is 0 Å². The van der Waals surface area contributed by atoms with E-state index in [2.05, 4.69) is 112 Å². The first-order valence-electron chi connectivity index (χ1n) is 11.7. The summed E-state index contributed by atoms with van der Waals surface area (Å²) in [7, 11) is 0. The average Bonchev–Trinajstić information content (AvgIpc) is 3.22. The molecule has 0 N–H and O–H groups in total. The van der Waals surface area contributed by atoms with Gasteiger partial charge in [-0.1, -0.05) is 107 Å². The fourth-order valence-electron chi connectivity index (χ4n) is 5.80. The van der Waals surface area contributed by atoms with Gasteiger partial charge in [0.15, 0.2) is 0 Å². The third-order valence-corrected chi connectivity index (χ3v) is 7.62. The van der Waals surface area contributed by atoms with Crippen LogP contribution in [0.15, 0.2) is 78.9 Å². The lowest BCUT2D eigenvalue weighted by atomic mass is 9.79. The van der Waals surface area contributed by atoms with Gasteiger partial charge in [-0.15, -0.1) is 0 Å². The number of para-hydroxylation sites is 1. The molecule has 1 nitrogen and oxygen atoms in total. The highest BCUT2D eigenvalue weighted by Crippen LogP contribution is 2.53. The van der Waals surface area contributed by atoms with Gasteiger partial charge in [-0.05, 0) is 45.9 Å². The molecule has 1 heterocycles. The first kappa shape index (κ1) is 20.6. The molecule has 33 heavy (non-hydrogen) atoms. The molecular formula is C31H28ClN. The van der Waals surface area contributed by atoms with Gasteiger partial charge in [0.1, 0.15) is 0 Å². The summed E-state index contributed by atoms with van der Waals surface area (Å²) in [6.45, 7) is 11.6. The molecule has 0 radical (unpaired) electrons. The largest absolute Gasteiger partial charge is 0.308 e. The molecule has 164 valence electrons. The highest BCUT2D eigenvalue weighted by molar-refractivity contribution is 6.31. The molecule has 0 bridgehead atoms. The highest BCUT2D eigenvalue weighted by Gasteiger charge is 2.39. The van der Waals surface area contributed by atoms with Crippen molar-refractivity contribution in [3.8, 4) is 16.8 Å². The van der Waals surface area contributed by atoms with Crippen LogP contribution in [0.4, 0.5) is 0 Å². The molecule has 0 unspecified atom stereocenters. The van der Waals surface area contributed by atoms with Crippen molar-refractivity contribution in [2.75, 3.05) is 0 Å². The first-order valence-corrected chi connectivity index (χ1v) is 12.0. The van der Waals surface area contributed by atoms with E-state index in [0.717, 1.165) is 10.5 Å². The maximum atomic E-state index is 6.57. The standard InChI is InChI=1S/C31H28ClN/c1-30(2,3)25-17-16-24-28(22-11-6-8-12-23(22)31(24,4)5)29(25)33-26-13-9-7-10-20(26)21-15-14-19(32)18-27(21)33/h6-18H,1-5H3. The van der Waals surface area contributed by atoms with Gasteiger partial charge in [-0.3, -0.25) is 0 Å². The smallest absolute Gasteiger partial charge is 0.0581 e. The summed E-state index contributed by atoms with van der Waals surface area (Å²) in [5.41, 5.74) is 10.4. The van der Waals surface area contributed by atoms with Crippen molar-refractivity contribution in [3.63, 3.8) is 0 Å². The van der Waals surface area contributed by atoms with Crippen molar-refractivity contribution in [3.05, 3.63) is 101 Å². The lowest BCUT2D eigenvalue weighted by Crippen LogP contribution is -2.19. The summed E-state index contributed by atoms with van der Waals surface area (Å²) in [5.74, 6) is 0. The maximum Gasteiger partial charge on any atom is 0.0581 e. The Bertz CT molecular complexity index is 1580. The number of hydrogen-bond donors (Lipinski definition) is 0. The molecule has 0 atom stereocenters. The summed E-state index contributed by atoms with van der Waals surface area (Å²) in [5, 5.41) is 3.25. The van der Waals surface area contributed by atoms with Crippen molar-refractivity contribution < 1.29 is 0 Å². The molecule has 0 fully saturated rings. The van der Waals surface area contributed by atoms with E-state index in [1.54, 1.807) is 0 Å². The van der Waals surface area contributed by atoms with E-state index in [1.165, 1.54) is 49.8 Å². The Morgan fingerprint density at radius 1 is 0.727 bits per heavy atom. The van der Waals surface area contributed by atoms with Crippen LogP contribution in [0.25, 0.3) is 38.6 Å². The molecule has 1 aliphatic rings.